The largest absolute Gasteiger partial charge is 0.382 e. The van der Waals surface area contributed by atoms with Gasteiger partial charge in [-0.3, -0.25) is 0 Å². The van der Waals surface area contributed by atoms with Crippen LogP contribution < -0.4 is 5.73 Å². The van der Waals surface area contributed by atoms with Crippen LogP contribution >= 0.6 is 0 Å². The van der Waals surface area contributed by atoms with Gasteiger partial charge in [0.15, 0.2) is 0 Å². The standard InChI is InChI=1S/C14H17N3/c1-2-10-6-8-11(9-7-10)17-13-5-3-4-12(13)14(15)16-17/h6-9H,2-5H2,1H3,(H2,15,16). The number of hydrogen-bond donors (Lipinski definition) is 1. The van der Waals surface area contributed by atoms with E-state index in [0.29, 0.717) is 5.82 Å². The van der Waals surface area contributed by atoms with Crippen molar-refractivity contribution >= 4 is 5.82 Å². The number of rotatable bonds is 2. The molecule has 0 radical (unpaired) electrons. The first-order valence-corrected chi connectivity index (χ1v) is 6.25. The molecule has 1 aromatic heterocycles. The second kappa shape index (κ2) is 3.91. The molecule has 1 aromatic carbocycles. The average molecular weight is 227 g/mol. The molecular formula is C14H17N3. The van der Waals surface area contributed by atoms with Crippen molar-refractivity contribution in [2.45, 2.75) is 32.6 Å². The summed E-state index contributed by atoms with van der Waals surface area (Å²) >= 11 is 0. The number of fused-ring (bicyclic) bond motifs is 1. The molecular weight excluding hydrogens is 210 g/mol. The molecule has 0 saturated carbocycles. The number of nitrogens with two attached hydrogens (primary N) is 1. The predicted molar refractivity (Wildman–Crippen MR) is 69.4 cm³/mol. The van der Waals surface area contributed by atoms with E-state index in [1.54, 1.807) is 0 Å². The van der Waals surface area contributed by atoms with Crippen LogP contribution in [0.5, 0.6) is 0 Å². The maximum Gasteiger partial charge on any atom is 0.149 e. The van der Waals surface area contributed by atoms with Crippen molar-refractivity contribution in [1.82, 2.24) is 9.78 Å². The van der Waals surface area contributed by atoms with Gasteiger partial charge in [-0.1, -0.05) is 19.1 Å². The number of aromatic nitrogens is 2. The van der Waals surface area contributed by atoms with E-state index in [0.717, 1.165) is 24.9 Å². The Bertz CT molecular complexity index is 537. The predicted octanol–water partition coefficient (Wildman–Crippen LogP) is 2.51. The van der Waals surface area contributed by atoms with Crippen molar-refractivity contribution in [3.63, 3.8) is 0 Å². The fourth-order valence-corrected chi connectivity index (χ4v) is 2.55. The minimum absolute atomic E-state index is 0.706. The summed E-state index contributed by atoms with van der Waals surface area (Å²) in [5.74, 6) is 0.706. The third-order valence-corrected chi connectivity index (χ3v) is 3.55. The zero-order valence-electron chi connectivity index (χ0n) is 10.1. The lowest BCUT2D eigenvalue weighted by Crippen LogP contribution is -2.01. The molecule has 1 aliphatic rings. The van der Waals surface area contributed by atoms with Crippen molar-refractivity contribution in [1.29, 1.82) is 0 Å². The number of nitrogens with zero attached hydrogens (tertiary/aromatic N) is 2. The first kappa shape index (κ1) is 10.4. The van der Waals surface area contributed by atoms with E-state index in [4.69, 9.17) is 5.73 Å². The summed E-state index contributed by atoms with van der Waals surface area (Å²) in [6.07, 6.45) is 4.44. The Morgan fingerprint density at radius 3 is 2.71 bits per heavy atom. The van der Waals surface area contributed by atoms with Gasteiger partial charge < -0.3 is 5.73 Å². The van der Waals surface area contributed by atoms with Crippen LogP contribution in [0.4, 0.5) is 5.82 Å². The lowest BCUT2D eigenvalue weighted by atomic mass is 10.1. The van der Waals surface area contributed by atoms with E-state index < -0.39 is 0 Å². The Morgan fingerprint density at radius 2 is 2.00 bits per heavy atom. The second-order valence-electron chi connectivity index (χ2n) is 4.60. The number of nitrogen functional groups attached to an aromatic ring is 1. The summed E-state index contributed by atoms with van der Waals surface area (Å²) in [4.78, 5) is 0. The van der Waals surface area contributed by atoms with E-state index in [2.05, 4.69) is 36.3 Å². The third kappa shape index (κ3) is 1.62. The van der Waals surface area contributed by atoms with Crippen LogP contribution in [-0.4, -0.2) is 9.78 Å². The van der Waals surface area contributed by atoms with Gasteiger partial charge in [0, 0.05) is 11.3 Å². The maximum absolute atomic E-state index is 5.95. The van der Waals surface area contributed by atoms with Gasteiger partial charge >= 0.3 is 0 Å². The van der Waals surface area contributed by atoms with Crippen LogP contribution in [0.25, 0.3) is 5.69 Å². The summed E-state index contributed by atoms with van der Waals surface area (Å²) in [7, 11) is 0. The minimum Gasteiger partial charge on any atom is -0.382 e. The van der Waals surface area contributed by atoms with Gasteiger partial charge in [0.05, 0.1) is 5.69 Å². The average Bonchev–Trinajstić information content (AvgIpc) is 2.94. The Kier molecular flexibility index (Phi) is 2.39. The Balaban J connectivity index is 2.06. The molecule has 3 nitrogen and oxygen atoms in total. The van der Waals surface area contributed by atoms with Crippen molar-refractivity contribution in [3.8, 4) is 5.69 Å². The molecule has 1 aliphatic carbocycles. The highest BCUT2D eigenvalue weighted by Crippen LogP contribution is 2.28. The number of aryl methyl sites for hydroxylation is 1. The van der Waals surface area contributed by atoms with E-state index in [-0.39, 0.29) is 0 Å². The molecule has 0 fully saturated rings. The molecule has 17 heavy (non-hydrogen) atoms. The zero-order chi connectivity index (χ0) is 11.8. The normalized spacial score (nSPS) is 13.9. The van der Waals surface area contributed by atoms with Gasteiger partial charge in [0.1, 0.15) is 5.82 Å². The fraction of sp³-hybridized carbons (Fsp3) is 0.357. The summed E-state index contributed by atoms with van der Waals surface area (Å²) in [5.41, 5.74) is 11.0. The molecule has 3 rings (SSSR count). The first-order chi connectivity index (χ1) is 8.29. The molecule has 2 aromatic rings. The Morgan fingerprint density at radius 1 is 1.24 bits per heavy atom. The van der Waals surface area contributed by atoms with Crippen LogP contribution in [0.2, 0.25) is 0 Å². The first-order valence-electron chi connectivity index (χ1n) is 6.25. The monoisotopic (exact) mass is 227 g/mol. The van der Waals surface area contributed by atoms with Crippen molar-refractivity contribution in [3.05, 3.63) is 41.1 Å². The molecule has 88 valence electrons. The summed E-state index contributed by atoms with van der Waals surface area (Å²) in [5, 5.41) is 4.45. The molecule has 0 aliphatic heterocycles. The van der Waals surface area contributed by atoms with Gasteiger partial charge in [-0.2, -0.15) is 5.10 Å². The Labute approximate surface area is 101 Å². The van der Waals surface area contributed by atoms with Gasteiger partial charge in [-0.05, 0) is 43.4 Å². The lowest BCUT2D eigenvalue weighted by molar-refractivity contribution is 0.788. The summed E-state index contributed by atoms with van der Waals surface area (Å²) in [6, 6.07) is 8.58. The fourth-order valence-electron chi connectivity index (χ4n) is 2.55. The molecule has 3 heteroatoms. The highest BCUT2D eigenvalue weighted by atomic mass is 15.3. The summed E-state index contributed by atoms with van der Waals surface area (Å²) < 4.78 is 2.01. The maximum atomic E-state index is 5.95. The van der Waals surface area contributed by atoms with Crippen LogP contribution in [-0.2, 0) is 19.3 Å². The molecule has 0 spiro atoms. The molecule has 2 N–H and O–H groups in total. The summed E-state index contributed by atoms with van der Waals surface area (Å²) in [6.45, 7) is 2.17. The third-order valence-electron chi connectivity index (χ3n) is 3.55. The van der Waals surface area contributed by atoms with Crippen molar-refractivity contribution in [2.75, 3.05) is 5.73 Å². The molecule has 0 bridgehead atoms. The minimum atomic E-state index is 0.706. The van der Waals surface area contributed by atoms with Crippen LogP contribution in [0, 0.1) is 0 Å². The second-order valence-corrected chi connectivity index (χ2v) is 4.60. The van der Waals surface area contributed by atoms with Crippen LogP contribution in [0.15, 0.2) is 24.3 Å². The lowest BCUT2D eigenvalue weighted by Gasteiger charge is -2.06. The molecule has 0 amide bonds. The van der Waals surface area contributed by atoms with Gasteiger partial charge in [0.25, 0.3) is 0 Å². The highest BCUT2D eigenvalue weighted by molar-refractivity contribution is 5.49. The zero-order valence-corrected chi connectivity index (χ0v) is 10.1. The highest BCUT2D eigenvalue weighted by Gasteiger charge is 2.21. The van der Waals surface area contributed by atoms with E-state index in [1.165, 1.54) is 23.2 Å². The number of benzene rings is 1. The topological polar surface area (TPSA) is 43.8 Å². The van der Waals surface area contributed by atoms with E-state index in [1.807, 2.05) is 4.68 Å². The molecule has 1 heterocycles. The van der Waals surface area contributed by atoms with Crippen molar-refractivity contribution < 1.29 is 0 Å². The quantitative estimate of drug-likeness (QED) is 0.856. The molecule has 0 unspecified atom stereocenters. The van der Waals surface area contributed by atoms with Crippen LogP contribution in [0.3, 0.4) is 0 Å². The Hall–Kier alpha value is -1.77. The SMILES string of the molecule is CCc1ccc(-n2nc(N)c3c2CCC3)cc1. The molecule has 0 atom stereocenters. The number of hydrogen-bond acceptors (Lipinski definition) is 2. The van der Waals surface area contributed by atoms with E-state index in [9.17, 15) is 0 Å². The van der Waals surface area contributed by atoms with E-state index >= 15 is 0 Å². The molecule has 0 saturated heterocycles. The van der Waals surface area contributed by atoms with Gasteiger partial charge in [-0.15, -0.1) is 0 Å². The van der Waals surface area contributed by atoms with Crippen LogP contribution in [0.1, 0.15) is 30.2 Å². The van der Waals surface area contributed by atoms with Crippen molar-refractivity contribution in [2.24, 2.45) is 0 Å². The van der Waals surface area contributed by atoms with Gasteiger partial charge in [-0.25, -0.2) is 4.68 Å². The van der Waals surface area contributed by atoms with Gasteiger partial charge in [0.2, 0.25) is 0 Å². The number of anilines is 1. The smallest absolute Gasteiger partial charge is 0.149 e.